The third-order valence-corrected chi connectivity index (χ3v) is 5.61. The quantitative estimate of drug-likeness (QED) is 0.716. The molecule has 2 heterocycles. The summed E-state index contributed by atoms with van der Waals surface area (Å²) in [6, 6.07) is 5.79. The summed E-state index contributed by atoms with van der Waals surface area (Å²) < 4.78 is 39.2. The Balaban J connectivity index is 0.00000300. The molecule has 0 spiro atoms. The highest BCUT2D eigenvalue weighted by molar-refractivity contribution is 5.95. The van der Waals surface area contributed by atoms with E-state index in [0.717, 1.165) is 31.7 Å². The fourth-order valence-electron chi connectivity index (χ4n) is 4.30. The summed E-state index contributed by atoms with van der Waals surface area (Å²) in [7, 11) is 0. The highest BCUT2D eigenvalue weighted by Gasteiger charge is 2.35. The number of piperidine rings is 1. The largest absolute Gasteiger partial charge is 0.418 e. The van der Waals surface area contributed by atoms with Gasteiger partial charge in [-0.05, 0) is 50.7 Å². The summed E-state index contributed by atoms with van der Waals surface area (Å²) in [5, 5.41) is 5.83. The number of fused-ring (bicyclic) bond motifs is 2. The van der Waals surface area contributed by atoms with Crippen molar-refractivity contribution in [2.45, 2.75) is 57.3 Å². The average Bonchev–Trinajstić information content (AvgIpc) is 2.97. The summed E-state index contributed by atoms with van der Waals surface area (Å²) in [5.41, 5.74) is -1.19. The Bertz CT molecular complexity index is 717. The molecule has 0 aliphatic carbocycles. The van der Waals surface area contributed by atoms with Gasteiger partial charge in [-0.3, -0.25) is 9.59 Å². The van der Waals surface area contributed by atoms with Crippen LogP contribution in [0, 0.1) is 5.92 Å². The van der Waals surface area contributed by atoms with Crippen LogP contribution >= 0.6 is 12.4 Å². The van der Waals surface area contributed by atoms with Gasteiger partial charge in [-0.15, -0.1) is 12.4 Å². The molecule has 29 heavy (non-hydrogen) atoms. The van der Waals surface area contributed by atoms with Gasteiger partial charge in [0.1, 0.15) is 0 Å². The first kappa shape index (κ1) is 23.5. The molecule has 0 radical (unpaired) electrons. The van der Waals surface area contributed by atoms with Crippen LogP contribution in [0.15, 0.2) is 24.3 Å². The van der Waals surface area contributed by atoms with Gasteiger partial charge < -0.3 is 15.5 Å². The Hall–Kier alpha value is -1.80. The minimum absolute atomic E-state index is 0. The Morgan fingerprint density at radius 2 is 1.79 bits per heavy atom. The van der Waals surface area contributed by atoms with Crippen molar-refractivity contribution in [3.8, 4) is 0 Å². The van der Waals surface area contributed by atoms with Crippen molar-refractivity contribution < 1.29 is 22.8 Å². The maximum absolute atomic E-state index is 13.1. The first-order valence-corrected chi connectivity index (χ1v) is 9.76. The van der Waals surface area contributed by atoms with Crippen LogP contribution in [0.3, 0.4) is 0 Å². The molecule has 2 fully saturated rings. The van der Waals surface area contributed by atoms with E-state index in [1.807, 2.05) is 0 Å². The molecule has 1 aromatic carbocycles. The number of benzene rings is 1. The summed E-state index contributed by atoms with van der Waals surface area (Å²) in [6.07, 6.45) is 0.0467. The van der Waals surface area contributed by atoms with Gasteiger partial charge in [0.25, 0.3) is 0 Å². The van der Waals surface area contributed by atoms with Crippen LogP contribution in [0.25, 0.3) is 0 Å². The van der Waals surface area contributed by atoms with Crippen molar-refractivity contribution in [1.29, 1.82) is 0 Å². The minimum Gasteiger partial charge on any atom is -0.334 e. The molecule has 2 aliphatic rings. The number of carbonyl (C=O) groups excluding carboxylic acids is 2. The van der Waals surface area contributed by atoms with Gasteiger partial charge in [0.2, 0.25) is 11.8 Å². The molecule has 2 bridgehead atoms. The zero-order valence-corrected chi connectivity index (χ0v) is 17.1. The normalized spacial score (nSPS) is 23.2. The van der Waals surface area contributed by atoms with Gasteiger partial charge in [0.05, 0.1) is 17.8 Å². The molecular formula is C20H27ClF3N3O2. The zero-order chi connectivity index (χ0) is 20.3. The number of alkyl halides is 3. The van der Waals surface area contributed by atoms with Gasteiger partial charge >= 0.3 is 6.18 Å². The van der Waals surface area contributed by atoms with E-state index in [1.54, 1.807) is 6.92 Å². The second kappa shape index (κ2) is 9.80. The fraction of sp³-hybridized carbons (Fsp3) is 0.600. The Morgan fingerprint density at radius 3 is 2.38 bits per heavy atom. The van der Waals surface area contributed by atoms with E-state index >= 15 is 0 Å². The molecule has 9 heteroatoms. The van der Waals surface area contributed by atoms with Crippen molar-refractivity contribution in [2.75, 3.05) is 18.4 Å². The number of carbonyl (C=O) groups is 2. The number of nitrogens with zero attached hydrogens (tertiary/aromatic N) is 1. The van der Waals surface area contributed by atoms with E-state index in [4.69, 9.17) is 0 Å². The minimum atomic E-state index is -4.56. The summed E-state index contributed by atoms with van der Waals surface area (Å²) in [5.74, 6) is -0.445. The average molecular weight is 434 g/mol. The zero-order valence-electron chi connectivity index (χ0n) is 16.3. The van der Waals surface area contributed by atoms with Crippen LogP contribution in [0.1, 0.15) is 44.6 Å². The van der Waals surface area contributed by atoms with Crippen LogP contribution in [0.4, 0.5) is 18.9 Å². The number of anilines is 1. The highest BCUT2D eigenvalue weighted by atomic mass is 35.5. The van der Waals surface area contributed by atoms with Crippen LogP contribution in [0.5, 0.6) is 0 Å². The van der Waals surface area contributed by atoms with Crippen molar-refractivity contribution in [1.82, 2.24) is 10.2 Å². The highest BCUT2D eigenvalue weighted by Crippen LogP contribution is 2.35. The molecule has 1 aromatic rings. The lowest BCUT2D eigenvalue weighted by Gasteiger charge is -2.30. The summed E-state index contributed by atoms with van der Waals surface area (Å²) in [4.78, 5) is 26.3. The van der Waals surface area contributed by atoms with Gasteiger partial charge in [-0.1, -0.05) is 12.1 Å². The predicted octanol–water partition coefficient (Wildman–Crippen LogP) is 3.83. The standard InChI is InChI=1S/C20H26F3N3O2.ClH/c1-2-26(19(28)11-13-9-14-7-8-15(10-13)24-14)12-18(27)25-17-6-4-3-5-16(17)20(21,22)23;/h3-6,13-15,24H,2,7-12H2,1H3,(H,25,27);1H. The van der Waals surface area contributed by atoms with Crippen molar-refractivity contribution in [2.24, 2.45) is 5.92 Å². The van der Waals surface area contributed by atoms with Gasteiger partial charge in [-0.2, -0.15) is 13.2 Å². The number of nitrogens with one attached hydrogen (secondary N) is 2. The van der Waals surface area contributed by atoms with E-state index in [9.17, 15) is 22.8 Å². The van der Waals surface area contributed by atoms with Crippen LogP contribution in [-0.2, 0) is 15.8 Å². The lowest BCUT2D eigenvalue weighted by Crippen LogP contribution is -2.42. The molecular weight excluding hydrogens is 407 g/mol. The van der Waals surface area contributed by atoms with Crippen LogP contribution in [-0.4, -0.2) is 41.9 Å². The smallest absolute Gasteiger partial charge is 0.334 e. The van der Waals surface area contributed by atoms with Crippen molar-refractivity contribution in [3.63, 3.8) is 0 Å². The van der Waals surface area contributed by atoms with E-state index in [1.165, 1.54) is 23.1 Å². The van der Waals surface area contributed by atoms with Crippen LogP contribution in [0.2, 0.25) is 0 Å². The number of para-hydroxylation sites is 1. The first-order valence-electron chi connectivity index (χ1n) is 9.76. The first-order chi connectivity index (χ1) is 13.3. The maximum Gasteiger partial charge on any atom is 0.418 e. The Kier molecular flexibility index (Phi) is 7.94. The number of hydrogen-bond acceptors (Lipinski definition) is 3. The SMILES string of the molecule is CCN(CC(=O)Nc1ccccc1C(F)(F)F)C(=O)CC1CC2CCC(C1)N2.Cl. The van der Waals surface area contributed by atoms with Crippen molar-refractivity contribution >= 4 is 29.9 Å². The third-order valence-electron chi connectivity index (χ3n) is 5.61. The number of halogens is 4. The molecule has 0 aromatic heterocycles. The molecule has 2 aliphatic heterocycles. The molecule has 2 amide bonds. The van der Waals surface area contributed by atoms with E-state index in [-0.39, 0.29) is 30.5 Å². The molecule has 2 atom stereocenters. The number of amides is 2. The van der Waals surface area contributed by atoms with Crippen LogP contribution < -0.4 is 10.6 Å². The Morgan fingerprint density at radius 1 is 1.17 bits per heavy atom. The fourth-order valence-corrected chi connectivity index (χ4v) is 4.30. The molecule has 2 unspecified atom stereocenters. The molecule has 5 nitrogen and oxygen atoms in total. The maximum atomic E-state index is 13.1. The molecule has 2 saturated heterocycles. The second-order valence-corrected chi connectivity index (χ2v) is 7.68. The van der Waals surface area contributed by atoms with E-state index in [0.29, 0.717) is 31.0 Å². The molecule has 162 valence electrons. The second-order valence-electron chi connectivity index (χ2n) is 7.68. The molecule has 3 rings (SSSR count). The van der Waals surface area contributed by atoms with Gasteiger partial charge in [0, 0.05) is 25.0 Å². The molecule has 2 N–H and O–H groups in total. The molecule has 0 saturated carbocycles. The Labute approximate surface area is 174 Å². The van der Waals surface area contributed by atoms with Crippen molar-refractivity contribution in [3.05, 3.63) is 29.8 Å². The predicted molar refractivity (Wildman–Crippen MR) is 107 cm³/mol. The summed E-state index contributed by atoms with van der Waals surface area (Å²) in [6.45, 7) is 1.85. The van der Waals surface area contributed by atoms with E-state index in [2.05, 4.69) is 10.6 Å². The number of hydrogen-bond donors (Lipinski definition) is 2. The van der Waals surface area contributed by atoms with E-state index < -0.39 is 17.6 Å². The number of likely N-dealkylation sites (N-methyl/N-ethyl adjacent to an activating group) is 1. The lowest BCUT2D eigenvalue weighted by atomic mass is 9.89. The lowest BCUT2D eigenvalue weighted by molar-refractivity contribution is -0.137. The number of rotatable bonds is 6. The summed E-state index contributed by atoms with van der Waals surface area (Å²) >= 11 is 0. The topological polar surface area (TPSA) is 61.4 Å². The monoisotopic (exact) mass is 433 g/mol. The van der Waals surface area contributed by atoms with Gasteiger partial charge in [0.15, 0.2) is 0 Å². The van der Waals surface area contributed by atoms with Gasteiger partial charge in [-0.25, -0.2) is 0 Å². The third kappa shape index (κ3) is 6.09.